The molecule has 0 spiro atoms. The van der Waals surface area contributed by atoms with Crippen LogP contribution in [0.5, 0.6) is 0 Å². The van der Waals surface area contributed by atoms with Gasteiger partial charge in [-0.25, -0.2) is 4.79 Å². The second-order valence-corrected chi connectivity index (χ2v) is 6.78. The highest BCUT2D eigenvalue weighted by atomic mass is 16.5. The fourth-order valence-corrected chi connectivity index (χ4v) is 3.49. The van der Waals surface area contributed by atoms with Gasteiger partial charge in [-0.2, -0.15) is 0 Å². The van der Waals surface area contributed by atoms with E-state index in [1.807, 2.05) is 25.1 Å². The van der Waals surface area contributed by atoms with Crippen LogP contribution in [0.25, 0.3) is 0 Å². The van der Waals surface area contributed by atoms with Crippen LogP contribution in [0.4, 0.5) is 10.5 Å². The van der Waals surface area contributed by atoms with Gasteiger partial charge >= 0.3 is 12.0 Å². The lowest BCUT2D eigenvalue weighted by Crippen LogP contribution is -2.46. The van der Waals surface area contributed by atoms with Crippen molar-refractivity contribution in [3.05, 3.63) is 29.3 Å². The predicted molar refractivity (Wildman–Crippen MR) is 99.3 cm³/mol. The maximum atomic E-state index is 12.3. The highest BCUT2D eigenvalue weighted by molar-refractivity contribution is 5.80. The number of nitrogens with one attached hydrogen (secondary N) is 2. The number of aliphatic hydroxyl groups is 1. The van der Waals surface area contributed by atoms with Crippen molar-refractivity contribution in [1.29, 1.82) is 0 Å². The van der Waals surface area contributed by atoms with E-state index in [1.165, 1.54) is 0 Å². The number of carbonyl (C=O) groups excluding carboxylic acids is 2. The third kappa shape index (κ3) is 4.51. The van der Waals surface area contributed by atoms with E-state index in [9.17, 15) is 14.7 Å². The predicted octanol–water partition coefficient (Wildman–Crippen LogP) is 1.40. The molecule has 3 atom stereocenters. The third-order valence-corrected chi connectivity index (χ3v) is 4.94. The largest absolute Gasteiger partial charge is 0.465 e. The number of aliphatic hydroxyl groups excluding tert-OH is 1. The number of hydrogen-bond acceptors (Lipinski definition) is 6. The summed E-state index contributed by atoms with van der Waals surface area (Å²) in [6.07, 6.45) is 0.199. The van der Waals surface area contributed by atoms with Gasteiger partial charge < -0.3 is 30.1 Å². The molecule has 1 saturated heterocycles. The SMILES string of the molecule is CCOC(=O)CNC(=O)N(CC)Cc1ccc2c(c1)[C@@H]1C[C@H](N2)[C@H](O)CO1. The minimum Gasteiger partial charge on any atom is -0.465 e. The maximum absolute atomic E-state index is 12.3. The normalized spacial score (nSPS) is 23.0. The summed E-state index contributed by atoms with van der Waals surface area (Å²) in [5, 5.41) is 15.9. The lowest BCUT2D eigenvalue weighted by atomic mass is 9.89. The zero-order chi connectivity index (χ0) is 19.4. The van der Waals surface area contributed by atoms with E-state index in [2.05, 4.69) is 10.6 Å². The molecular formula is C19H27N3O5. The van der Waals surface area contributed by atoms with Crippen molar-refractivity contribution in [2.24, 2.45) is 0 Å². The summed E-state index contributed by atoms with van der Waals surface area (Å²) in [6, 6.07) is 5.68. The number of amides is 2. The van der Waals surface area contributed by atoms with Gasteiger partial charge in [-0.1, -0.05) is 6.07 Å². The molecule has 1 aromatic rings. The number of benzene rings is 1. The van der Waals surface area contributed by atoms with E-state index in [1.54, 1.807) is 11.8 Å². The molecule has 2 aliphatic rings. The van der Waals surface area contributed by atoms with Crippen LogP contribution in [-0.4, -0.2) is 60.5 Å². The van der Waals surface area contributed by atoms with Gasteiger partial charge in [0.25, 0.3) is 0 Å². The molecule has 8 heteroatoms. The number of fused-ring (bicyclic) bond motifs is 4. The summed E-state index contributed by atoms with van der Waals surface area (Å²) in [5.74, 6) is -0.451. The summed E-state index contributed by atoms with van der Waals surface area (Å²) >= 11 is 0. The van der Waals surface area contributed by atoms with E-state index >= 15 is 0 Å². The Morgan fingerprint density at radius 3 is 2.96 bits per heavy atom. The van der Waals surface area contributed by atoms with Crippen molar-refractivity contribution in [3.8, 4) is 0 Å². The molecule has 0 unspecified atom stereocenters. The van der Waals surface area contributed by atoms with Gasteiger partial charge in [0.05, 0.1) is 31.5 Å². The van der Waals surface area contributed by atoms with E-state index in [0.29, 0.717) is 19.7 Å². The molecular weight excluding hydrogens is 350 g/mol. The van der Waals surface area contributed by atoms with Crippen molar-refractivity contribution < 1.29 is 24.2 Å². The highest BCUT2D eigenvalue weighted by Gasteiger charge is 2.36. The Bertz CT molecular complexity index is 696. The molecule has 1 aromatic carbocycles. The molecule has 2 heterocycles. The standard InChI is InChI=1S/C19H27N3O5/c1-3-22(19(25)20-9-18(24)26-4-2)10-12-5-6-14-13(7-12)17-8-15(21-14)16(23)11-27-17/h5-7,15-17,21,23H,3-4,8-11H2,1-2H3,(H,20,25)/t15-,16+,17-/m0/s1. The van der Waals surface area contributed by atoms with E-state index in [4.69, 9.17) is 9.47 Å². The van der Waals surface area contributed by atoms with Crippen LogP contribution < -0.4 is 10.6 Å². The zero-order valence-corrected chi connectivity index (χ0v) is 15.7. The maximum Gasteiger partial charge on any atom is 0.325 e. The molecule has 2 amide bonds. The van der Waals surface area contributed by atoms with Gasteiger partial charge in [-0.05, 0) is 31.5 Å². The van der Waals surface area contributed by atoms with Crippen molar-refractivity contribution in [2.45, 2.75) is 45.1 Å². The van der Waals surface area contributed by atoms with E-state index < -0.39 is 12.1 Å². The van der Waals surface area contributed by atoms with Crippen molar-refractivity contribution in [3.63, 3.8) is 0 Å². The van der Waals surface area contributed by atoms with Crippen LogP contribution in [0.1, 0.15) is 37.5 Å². The van der Waals surface area contributed by atoms with Crippen molar-refractivity contribution in [2.75, 3.05) is 31.6 Å². The molecule has 0 aliphatic carbocycles. The quantitative estimate of drug-likeness (QED) is 0.648. The fraction of sp³-hybridized carbons (Fsp3) is 0.579. The Balaban J connectivity index is 1.64. The van der Waals surface area contributed by atoms with Crippen LogP contribution in [0.2, 0.25) is 0 Å². The number of ether oxygens (including phenoxy) is 2. The van der Waals surface area contributed by atoms with Gasteiger partial charge in [0.15, 0.2) is 0 Å². The summed E-state index contributed by atoms with van der Waals surface area (Å²) in [6.45, 7) is 5.02. The Kier molecular flexibility index (Phi) is 6.18. The summed E-state index contributed by atoms with van der Waals surface area (Å²) in [4.78, 5) is 25.4. The zero-order valence-electron chi connectivity index (χ0n) is 15.7. The Morgan fingerprint density at radius 1 is 1.41 bits per heavy atom. The molecule has 148 valence electrons. The molecule has 1 fully saturated rings. The first kappa shape index (κ1) is 19.4. The first-order valence-electron chi connectivity index (χ1n) is 9.39. The van der Waals surface area contributed by atoms with Gasteiger partial charge in [0.2, 0.25) is 0 Å². The molecule has 3 N–H and O–H groups in total. The van der Waals surface area contributed by atoms with Gasteiger partial charge in [0.1, 0.15) is 6.54 Å². The Hall–Kier alpha value is -2.32. The molecule has 0 saturated carbocycles. The molecule has 0 radical (unpaired) electrons. The number of nitrogens with zero attached hydrogens (tertiary/aromatic N) is 1. The number of carbonyl (C=O) groups is 2. The van der Waals surface area contributed by atoms with Crippen molar-refractivity contribution >= 4 is 17.7 Å². The molecule has 0 aromatic heterocycles. The average Bonchev–Trinajstić information content (AvgIpc) is 2.67. The lowest BCUT2D eigenvalue weighted by molar-refractivity contribution is -0.141. The van der Waals surface area contributed by atoms with Crippen LogP contribution in [0, 0.1) is 0 Å². The van der Waals surface area contributed by atoms with E-state index in [0.717, 1.165) is 23.2 Å². The molecule has 27 heavy (non-hydrogen) atoms. The summed E-state index contributed by atoms with van der Waals surface area (Å²) in [5.41, 5.74) is 3.00. The fourth-order valence-electron chi connectivity index (χ4n) is 3.49. The van der Waals surface area contributed by atoms with Crippen LogP contribution >= 0.6 is 0 Å². The number of esters is 1. The van der Waals surface area contributed by atoms with Crippen LogP contribution in [-0.2, 0) is 20.8 Å². The lowest BCUT2D eigenvalue weighted by Gasteiger charge is -2.40. The molecule has 3 rings (SSSR count). The van der Waals surface area contributed by atoms with Gasteiger partial charge in [-0.3, -0.25) is 4.79 Å². The first-order valence-corrected chi connectivity index (χ1v) is 9.39. The van der Waals surface area contributed by atoms with Crippen molar-refractivity contribution in [1.82, 2.24) is 10.2 Å². The van der Waals surface area contributed by atoms with Gasteiger partial charge in [-0.15, -0.1) is 0 Å². The second kappa shape index (κ2) is 8.58. The summed E-state index contributed by atoms with van der Waals surface area (Å²) in [7, 11) is 0. The molecule has 2 bridgehead atoms. The van der Waals surface area contributed by atoms with E-state index in [-0.39, 0.29) is 31.3 Å². The topological polar surface area (TPSA) is 100 Å². The number of anilines is 1. The smallest absolute Gasteiger partial charge is 0.325 e. The first-order chi connectivity index (χ1) is 13.0. The average molecular weight is 377 g/mol. The monoisotopic (exact) mass is 377 g/mol. The minimum absolute atomic E-state index is 0.0166. The number of hydrogen-bond donors (Lipinski definition) is 3. The molecule has 2 aliphatic heterocycles. The third-order valence-electron chi connectivity index (χ3n) is 4.94. The number of urea groups is 1. The number of rotatable bonds is 6. The van der Waals surface area contributed by atoms with Gasteiger partial charge in [0, 0.05) is 30.8 Å². The highest BCUT2D eigenvalue weighted by Crippen LogP contribution is 2.39. The summed E-state index contributed by atoms with van der Waals surface area (Å²) < 4.78 is 10.6. The minimum atomic E-state index is -0.493. The second-order valence-electron chi connectivity index (χ2n) is 6.78. The van der Waals surface area contributed by atoms with Crippen LogP contribution in [0.3, 0.4) is 0 Å². The Labute approximate surface area is 158 Å². The molecule has 8 nitrogen and oxygen atoms in total. The van der Waals surface area contributed by atoms with Crippen LogP contribution in [0.15, 0.2) is 18.2 Å². The Morgan fingerprint density at radius 2 is 2.22 bits per heavy atom.